The van der Waals surface area contributed by atoms with Gasteiger partial charge in [0.1, 0.15) is 5.82 Å². The van der Waals surface area contributed by atoms with Crippen LogP contribution in [0.5, 0.6) is 0 Å². The summed E-state index contributed by atoms with van der Waals surface area (Å²) in [7, 11) is 0. The molecule has 3 heterocycles. The molecule has 0 unspecified atom stereocenters. The Morgan fingerprint density at radius 3 is 2.55 bits per heavy atom. The molecule has 4 aromatic rings. The zero-order chi connectivity index (χ0) is 23.1. The second-order valence-electron chi connectivity index (χ2n) is 8.85. The number of fused-ring (bicyclic) bond motifs is 1. The molecule has 33 heavy (non-hydrogen) atoms. The third kappa shape index (κ3) is 4.18. The Morgan fingerprint density at radius 2 is 1.82 bits per heavy atom. The Morgan fingerprint density at radius 1 is 1.03 bits per heavy atom. The molecule has 0 bridgehead atoms. The Bertz CT molecular complexity index is 1390. The first kappa shape index (κ1) is 21.1. The van der Waals surface area contributed by atoms with Gasteiger partial charge < -0.3 is 10.3 Å². The zero-order valence-corrected chi connectivity index (χ0v) is 19.0. The molecule has 1 amide bonds. The number of aromatic amines is 1. The molecule has 9 heteroatoms. The lowest BCUT2D eigenvalue weighted by molar-refractivity contribution is 0.0921. The largest absolute Gasteiger partial charge is 0.349 e. The van der Waals surface area contributed by atoms with Gasteiger partial charge in [0, 0.05) is 23.4 Å². The molecule has 2 N–H and O–H groups in total. The summed E-state index contributed by atoms with van der Waals surface area (Å²) in [5, 5.41) is 12.2. The van der Waals surface area contributed by atoms with Crippen molar-refractivity contribution in [3.8, 4) is 5.82 Å². The van der Waals surface area contributed by atoms with Crippen molar-refractivity contribution in [1.29, 1.82) is 0 Å². The summed E-state index contributed by atoms with van der Waals surface area (Å²) >= 11 is 0. The highest BCUT2D eigenvalue weighted by molar-refractivity contribution is 5.97. The van der Waals surface area contributed by atoms with Crippen molar-refractivity contribution in [3.05, 3.63) is 69.5 Å². The van der Waals surface area contributed by atoms with Crippen molar-refractivity contribution in [3.63, 3.8) is 0 Å². The van der Waals surface area contributed by atoms with Gasteiger partial charge in [-0.1, -0.05) is 0 Å². The van der Waals surface area contributed by atoms with Crippen molar-refractivity contribution in [2.45, 2.75) is 58.5 Å². The first-order chi connectivity index (χ1) is 15.9. The molecule has 1 aromatic carbocycles. The first-order valence-electron chi connectivity index (χ1n) is 11.3. The van der Waals surface area contributed by atoms with E-state index in [1.165, 1.54) is 0 Å². The van der Waals surface area contributed by atoms with Crippen LogP contribution in [0.15, 0.2) is 41.2 Å². The van der Waals surface area contributed by atoms with Gasteiger partial charge in [0.25, 0.3) is 11.5 Å². The summed E-state index contributed by atoms with van der Waals surface area (Å²) in [6.45, 7) is 5.80. The van der Waals surface area contributed by atoms with Crippen LogP contribution in [0.25, 0.3) is 16.9 Å². The Balaban J connectivity index is 1.26. The third-order valence-electron chi connectivity index (χ3n) is 6.28. The number of nitrogens with one attached hydrogen (secondary N) is 2. The molecule has 0 aliphatic heterocycles. The predicted octanol–water partition coefficient (Wildman–Crippen LogP) is 3.14. The van der Waals surface area contributed by atoms with E-state index in [4.69, 9.17) is 0 Å². The van der Waals surface area contributed by atoms with Crippen molar-refractivity contribution in [1.82, 2.24) is 34.8 Å². The summed E-state index contributed by atoms with van der Waals surface area (Å²) < 4.78 is 3.34. The van der Waals surface area contributed by atoms with Crippen molar-refractivity contribution in [2.24, 2.45) is 0 Å². The molecule has 1 aliphatic carbocycles. The minimum Gasteiger partial charge on any atom is -0.349 e. The molecule has 1 saturated carbocycles. The molecular weight excluding hydrogens is 418 g/mol. The van der Waals surface area contributed by atoms with Gasteiger partial charge >= 0.3 is 0 Å². The quantitative estimate of drug-likeness (QED) is 0.501. The maximum atomic E-state index is 12.8. The summed E-state index contributed by atoms with van der Waals surface area (Å²) in [4.78, 5) is 32.9. The van der Waals surface area contributed by atoms with Crippen LogP contribution in [0.4, 0.5) is 0 Å². The van der Waals surface area contributed by atoms with E-state index in [1.807, 2.05) is 39.0 Å². The topological polar surface area (TPSA) is 110 Å². The lowest BCUT2D eigenvalue weighted by atomic mass is 9.91. The maximum Gasteiger partial charge on any atom is 0.267 e. The maximum absolute atomic E-state index is 12.8. The second-order valence-corrected chi connectivity index (χ2v) is 8.85. The Kier molecular flexibility index (Phi) is 5.32. The number of imidazole rings is 1. The number of aromatic nitrogens is 6. The van der Waals surface area contributed by atoms with Crippen LogP contribution in [-0.2, 0) is 0 Å². The summed E-state index contributed by atoms with van der Waals surface area (Å²) in [6, 6.07) is 10.8. The lowest BCUT2D eigenvalue weighted by Gasteiger charge is -2.29. The van der Waals surface area contributed by atoms with Gasteiger partial charge in [-0.2, -0.15) is 5.10 Å². The SMILES string of the molecule is Cc1cc(C)n(-c2ccc(=O)n(C3CCC(NC(=O)c4ccc5nc(C)[nH]c5c4)CC3)n2)n1. The number of amides is 1. The fourth-order valence-corrected chi connectivity index (χ4v) is 4.66. The number of nitrogens with zero attached hydrogens (tertiary/aromatic N) is 5. The zero-order valence-electron chi connectivity index (χ0n) is 19.0. The molecular formula is C24H27N7O2. The second kappa shape index (κ2) is 8.31. The van der Waals surface area contributed by atoms with Gasteiger partial charge in [-0.25, -0.2) is 14.3 Å². The standard InChI is InChI=1S/C24H27N7O2/c1-14-12-15(2)30(28-14)22-10-11-23(32)31(29-22)19-7-5-18(6-8-19)27-24(33)17-4-9-20-21(13-17)26-16(3)25-20/h4,9-13,18-19H,5-8H2,1-3H3,(H,25,26)(H,27,33). The molecule has 9 nitrogen and oxygen atoms in total. The van der Waals surface area contributed by atoms with E-state index in [9.17, 15) is 9.59 Å². The Hall–Kier alpha value is -3.75. The number of benzene rings is 1. The molecule has 0 saturated heterocycles. The number of hydrogen-bond acceptors (Lipinski definition) is 5. The first-order valence-corrected chi connectivity index (χ1v) is 11.3. The number of carbonyl (C=O) groups excluding carboxylic acids is 1. The van der Waals surface area contributed by atoms with E-state index >= 15 is 0 Å². The van der Waals surface area contributed by atoms with Crippen LogP contribution in [0.2, 0.25) is 0 Å². The molecule has 1 aliphatic rings. The van der Waals surface area contributed by atoms with Crippen LogP contribution >= 0.6 is 0 Å². The van der Waals surface area contributed by atoms with Gasteiger partial charge in [-0.15, -0.1) is 5.10 Å². The number of rotatable bonds is 4. The fraction of sp³-hybridized carbons (Fsp3) is 0.375. The van der Waals surface area contributed by atoms with Gasteiger partial charge in [0.2, 0.25) is 0 Å². The van der Waals surface area contributed by atoms with E-state index in [1.54, 1.807) is 27.6 Å². The van der Waals surface area contributed by atoms with Gasteiger partial charge in [-0.3, -0.25) is 9.59 Å². The van der Waals surface area contributed by atoms with Crippen LogP contribution < -0.4 is 10.9 Å². The van der Waals surface area contributed by atoms with Gasteiger partial charge in [0.15, 0.2) is 5.82 Å². The van der Waals surface area contributed by atoms with Crippen molar-refractivity contribution >= 4 is 16.9 Å². The van der Waals surface area contributed by atoms with E-state index in [0.717, 1.165) is 53.9 Å². The minimum atomic E-state index is -0.115. The van der Waals surface area contributed by atoms with Crippen LogP contribution in [0, 0.1) is 20.8 Å². The normalized spacial score (nSPS) is 18.5. The summed E-state index contributed by atoms with van der Waals surface area (Å²) in [5.74, 6) is 1.38. The fourth-order valence-electron chi connectivity index (χ4n) is 4.66. The smallest absolute Gasteiger partial charge is 0.267 e. The van der Waals surface area contributed by atoms with Gasteiger partial charge in [-0.05, 0) is 76.8 Å². The summed E-state index contributed by atoms with van der Waals surface area (Å²) in [5.41, 5.74) is 4.09. The molecule has 1 fully saturated rings. The van der Waals surface area contributed by atoms with E-state index in [-0.39, 0.29) is 23.6 Å². The average Bonchev–Trinajstić information content (AvgIpc) is 3.34. The minimum absolute atomic E-state index is 0.00638. The molecule has 3 aromatic heterocycles. The molecule has 0 atom stereocenters. The van der Waals surface area contributed by atoms with E-state index in [2.05, 4.69) is 25.5 Å². The Labute approximate surface area is 190 Å². The summed E-state index contributed by atoms with van der Waals surface area (Å²) in [6.07, 6.45) is 3.13. The van der Waals surface area contributed by atoms with Crippen molar-refractivity contribution < 1.29 is 4.79 Å². The van der Waals surface area contributed by atoms with Crippen LogP contribution in [-0.4, -0.2) is 41.5 Å². The number of H-pyrrole nitrogens is 1. The average molecular weight is 446 g/mol. The highest BCUT2D eigenvalue weighted by Crippen LogP contribution is 2.27. The molecule has 0 spiro atoms. The van der Waals surface area contributed by atoms with Crippen molar-refractivity contribution in [2.75, 3.05) is 0 Å². The van der Waals surface area contributed by atoms with E-state index in [0.29, 0.717) is 11.4 Å². The number of aryl methyl sites for hydroxylation is 3. The molecule has 0 radical (unpaired) electrons. The number of carbonyl (C=O) groups is 1. The molecule has 170 valence electrons. The highest BCUT2D eigenvalue weighted by Gasteiger charge is 2.25. The van der Waals surface area contributed by atoms with E-state index < -0.39 is 0 Å². The predicted molar refractivity (Wildman–Crippen MR) is 125 cm³/mol. The van der Waals surface area contributed by atoms with Crippen LogP contribution in [0.1, 0.15) is 59.3 Å². The highest BCUT2D eigenvalue weighted by atomic mass is 16.1. The molecule has 5 rings (SSSR count). The van der Waals surface area contributed by atoms with Crippen LogP contribution in [0.3, 0.4) is 0 Å². The van der Waals surface area contributed by atoms with Gasteiger partial charge in [0.05, 0.1) is 22.8 Å². The monoisotopic (exact) mass is 445 g/mol. The number of hydrogen-bond donors (Lipinski definition) is 2. The third-order valence-corrected chi connectivity index (χ3v) is 6.28. The lowest BCUT2D eigenvalue weighted by Crippen LogP contribution is -2.39.